The van der Waals surface area contributed by atoms with Crippen molar-refractivity contribution in [2.24, 2.45) is 0 Å². The van der Waals surface area contributed by atoms with Crippen LogP contribution in [0.3, 0.4) is 0 Å². The van der Waals surface area contributed by atoms with Gasteiger partial charge in [-0.25, -0.2) is 9.36 Å². The molecular weight excluding hydrogens is 305 g/mol. The fourth-order valence-corrected chi connectivity index (χ4v) is 2.33. The van der Waals surface area contributed by atoms with Crippen molar-refractivity contribution < 1.29 is 23.2 Å². The Hall–Kier alpha value is -1.07. The zero-order valence-electron chi connectivity index (χ0n) is 11.4. The summed E-state index contributed by atoms with van der Waals surface area (Å²) in [4.78, 5) is 16.7. The van der Waals surface area contributed by atoms with E-state index >= 15 is 0 Å². The summed E-state index contributed by atoms with van der Waals surface area (Å²) in [5.41, 5.74) is 2.46. The summed E-state index contributed by atoms with van der Waals surface area (Å²) < 4.78 is 21.5. The van der Waals surface area contributed by atoms with Gasteiger partial charge in [0.05, 0.1) is 6.10 Å². The molecule has 1 unspecified atom stereocenters. The number of nitrogens with one attached hydrogen (secondary N) is 1. The lowest BCUT2D eigenvalue weighted by molar-refractivity contribution is -0.142. The number of hydroxylamine groups is 1. The molecule has 0 aliphatic carbocycles. The monoisotopic (exact) mass is 321 g/mol. The van der Waals surface area contributed by atoms with Crippen molar-refractivity contribution in [3.8, 4) is 5.75 Å². The standard InChI is InChI=1S/C12H17ClNO5P/c1-9(2)17-14-10(3)12(15)19-20(13,16)18-11-7-5-4-6-8-11/h4-10,14H,1-3H3/t10-,20?/m0/s1. The van der Waals surface area contributed by atoms with Crippen molar-refractivity contribution in [1.82, 2.24) is 5.48 Å². The number of hydrogen-bond acceptors (Lipinski definition) is 6. The molecule has 0 saturated carbocycles. The molecule has 0 spiro atoms. The van der Waals surface area contributed by atoms with Gasteiger partial charge in [0.25, 0.3) is 0 Å². The van der Waals surface area contributed by atoms with Gasteiger partial charge < -0.3 is 9.05 Å². The summed E-state index contributed by atoms with van der Waals surface area (Å²) >= 11 is 5.59. The molecule has 1 rings (SSSR count). The molecule has 0 amide bonds. The highest BCUT2D eigenvalue weighted by Gasteiger charge is 2.30. The molecule has 0 aromatic heterocycles. The molecule has 112 valence electrons. The summed E-state index contributed by atoms with van der Waals surface area (Å²) in [6.07, 6.45) is -0.117. The third-order valence-electron chi connectivity index (χ3n) is 1.99. The predicted octanol–water partition coefficient (Wildman–Crippen LogP) is 3.27. The van der Waals surface area contributed by atoms with Gasteiger partial charge in [-0.3, -0.25) is 4.84 Å². The van der Waals surface area contributed by atoms with E-state index in [4.69, 9.17) is 20.6 Å². The quantitative estimate of drug-likeness (QED) is 0.613. The number of carbonyl (C=O) groups is 1. The second-order valence-electron chi connectivity index (χ2n) is 4.25. The van der Waals surface area contributed by atoms with Gasteiger partial charge in [0.2, 0.25) is 0 Å². The summed E-state index contributed by atoms with van der Waals surface area (Å²) in [5, 5.41) is 0. The van der Waals surface area contributed by atoms with Crippen molar-refractivity contribution in [3.05, 3.63) is 30.3 Å². The molecule has 6 nitrogen and oxygen atoms in total. The molecule has 0 fully saturated rings. The Morgan fingerprint density at radius 1 is 1.25 bits per heavy atom. The molecule has 0 aliphatic heterocycles. The molecule has 1 aromatic rings. The lowest BCUT2D eigenvalue weighted by Gasteiger charge is -2.17. The SMILES string of the molecule is CC(C)ON[C@@H](C)C(=O)OP(=O)(Cl)Oc1ccccc1. The Balaban J connectivity index is 2.53. The highest BCUT2D eigenvalue weighted by molar-refractivity contribution is 7.82. The number of benzene rings is 1. The van der Waals surface area contributed by atoms with Crippen LogP contribution in [-0.4, -0.2) is 18.1 Å². The third kappa shape index (κ3) is 6.39. The number of halogens is 1. The van der Waals surface area contributed by atoms with Gasteiger partial charge in [0, 0.05) is 11.2 Å². The van der Waals surface area contributed by atoms with Crippen LogP contribution in [0.15, 0.2) is 30.3 Å². The lowest BCUT2D eigenvalue weighted by Crippen LogP contribution is -2.36. The van der Waals surface area contributed by atoms with E-state index in [0.29, 0.717) is 0 Å². The first-order chi connectivity index (χ1) is 9.30. The Morgan fingerprint density at radius 3 is 2.40 bits per heavy atom. The molecule has 0 heterocycles. The first-order valence-corrected chi connectivity index (χ1v) is 8.44. The van der Waals surface area contributed by atoms with Crippen molar-refractivity contribution in [2.75, 3.05) is 0 Å². The zero-order valence-corrected chi connectivity index (χ0v) is 13.1. The highest BCUT2D eigenvalue weighted by Crippen LogP contribution is 2.53. The van der Waals surface area contributed by atoms with Gasteiger partial charge in [-0.05, 0) is 32.9 Å². The van der Waals surface area contributed by atoms with Gasteiger partial charge >= 0.3 is 12.9 Å². The first-order valence-electron chi connectivity index (χ1n) is 5.99. The van der Waals surface area contributed by atoms with Gasteiger partial charge in [0.15, 0.2) is 0 Å². The Morgan fingerprint density at radius 2 is 1.85 bits per heavy atom. The molecule has 1 N–H and O–H groups in total. The smallest absolute Gasteiger partial charge is 0.405 e. The van der Waals surface area contributed by atoms with Gasteiger partial charge in [0.1, 0.15) is 11.8 Å². The molecule has 0 aliphatic rings. The molecule has 20 heavy (non-hydrogen) atoms. The maximum Gasteiger partial charge on any atom is 0.532 e. The van der Waals surface area contributed by atoms with Crippen LogP contribution < -0.4 is 10.0 Å². The maximum atomic E-state index is 11.9. The van der Waals surface area contributed by atoms with E-state index in [1.54, 1.807) is 44.2 Å². The Bertz CT molecular complexity index is 482. The van der Waals surface area contributed by atoms with Gasteiger partial charge in [-0.15, -0.1) is 0 Å². The molecule has 8 heteroatoms. The van der Waals surface area contributed by atoms with E-state index in [1.807, 2.05) is 0 Å². The number of rotatable bonds is 7. The zero-order chi connectivity index (χ0) is 15.2. The van der Waals surface area contributed by atoms with Crippen LogP contribution in [0.5, 0.6) is 5.75 Å². The normalized spacial score (nSPS) is 15.4. The number of para-hydroxylation sites is 1. The Labute approximate surface area is 122 Å². The van der Waals surface area contributed by atoms with Crippen LogP contribution in [0.2, 0.25) is 0 Å². The van der Waals surface area contributed by atoms with E-state index in [9.17, 15) is 9.36 Å². The summed E-state index contributed by atoms with van der Waals surface area (Å²) in [5.74, 6) is -0.586. The second kappa shape index (κ2) is 7.64. The fourth-order valence-electron chi connectivity index (χ4n) is 1.10. The largest absolute Gasteiger partial charge is 0.532 e. The summed E-state index contributed by atoms with van der Waals surface area (Å²) in [6, 6.07) is 7.37. The van der Waals surface area contributed by atoms with E-state index in [0.717, 1.165) is 0 Å². The van der Waals surface area contributed by atoms with Crippen LogP contribution in [-0.2, 0) is 18.7 Å². The minimum atomic E-state index is -4.04. The predicted molar refractivity (Wildman–Crippen MR) is 75.4 cm³/mol. The minimum absolute atomic E-state index is 0.117. The average molecular weight is 322 g/mol. The lowest BCUT2D eigenvalue weighted by atomic mass is 10.3. The summed E-state index contributed by atoms with van der Waals surface area (Å²) in [6.45, 7) is 1.02. The number of hydrogen-bond donors (Lipinski definition) is 1. The molecule has 2 atom stereocenters. The highest BCUT2D eigenvalue weighted by atomic mass is 35.7. The molecule has 0 saturated heterocycles. The first kappa shape index (κ1) is 17.0. The topological polar surface area (TPSA) is 73.9 Å². The van der Waals surface area contributed by atoms with Crippen LogP contribution >= 0.6 is 18.2 Å². The minimum Gasteiger partial charge on any atom is -0.405 e. The fraction of sp³-hybridized carbons (Fsp3) is 0.417. The van der Waals surface area contributed by atoms with E-state index in [-0.39, 0.29) is 11.9 Å². The maximum absolute atomic E-state index is 11.9. The van der Waals surface area contributed by atoms with Crippen molar-refractivity contribution in [2.45, 2.75) is 32.9 Å². The molecule has 0 radical (unpaired) electrons. The van der Waals surface area contributed by atoms with Crippen molar-refractivity contribution in [1.29, 1.82) is 0 Å². The van der Waals surface area contributed by atoms with E-state index < -0.39 is 19.0 Å². The number of carbonyl (C=O) groups excluding carboxylic acids is 1. The molecule has 0 bridgehead atoms. The van der Waals surface area contributed by atoms with Crippen molar-refractivity contribution >= 4 is 24.2 Å². The van der Waals surface area contributed by atoms with Crippen LogP contribution in [0.4, 0.5) is 0 Å². The van der Waals surface area contributed by atoms with E-state index in [1.165, 1.54) is 6.92 Å². The Kier molecular flexibility index (Phi) is 6.49. The average Bonchev–Trinajstić information content (AvgIpc) is 2.35. The summed E-state index contributed by atoms with van der Waals surface area (Å²) in [7, 11) is 0. The van der Waals surface area contributed by atoms with Crippen molar-refractivity contribution in [3.63, 3.8) is 0 Å². The molecule has 1 aromatic carbocycles. The van der Waals surface area contributed by atoms with Gasteiger partial charge in [-0.1, -0.05) is 18.2 Å². The molecular formula is C12H17ClNO5P. The third-order valence-corrected chi connectivity index (χ3v) is 3.23. The van der Waals surface area contributed by atoms with E-state index in [2.05, 4.69) is 10.0 Å². The second-order valence-corrected chi connectivity index (χ2v) is 6.72. The van der Waals surface area contributed by atoms with Crippen LogP contribution in [0.25, 0.3) is 0 Å². The van der Waals surface area contributed by atoms with Gasteiger partial charge in [-0.2, -0.15) is 5.48 Å². The van der Waals surface area contributed by atoms with Crippen LogP contribution in [0, 0.1) is 0 Å². The van der Waals surface area contributed by atoms with Crippen LogP contribution in [0.1, 0.15) is 20.8 Å².